The monoisotopic (exact) mass is 273 g/mol. The smallest absolute Gasteiger partial charge is 0.00954 e. The molecule has 1 N–H and O–H groups in total. The van der Waals surface area contributed by atoms with Gasteiger partial charge in [0.1, 0.15) is 0 Å². The van der Waals surface area contributed by atoms with E-state index in [2.05, 4.69) is 49.5 Å². The molecule has 1 aromatic carbocycles. The second-order valence-electron chi connectivity index (χ2n) is 6.57. The molecule has 0 aliphatic heterocycles. The van der Waals surface area contributed by atoms with Crippen molar-refractivity contribution in [2.75, 3.05) is 6.54 Å². The van der Waals surface area contributed by atoms with Crippen LogP contribution in [0, 0.1) is 11.8 Å². The van der Waals surface area contributed by atoms with Crippen LogP contribution in [0.15, 0.2) is 30.3 Å². The summed E-state index contributed by atoms with van der Waals surface area (Å²) in [6.07, 6.45) is 9.62. The molecular formula is C19H31N. The first-order valence-corrected chi connectivity index (χ1v) is 8.57. The van der Waals surface area contributed by atoms with Crippen LogP contribution in [-0.2, 0) is 6.42 Å². The quantitative estimate of drug-likeness (QED) is 0.751. The third-order valence-corrected chi connectivity index (χ3v) is 4.84. The lowest BCUT2D eigenvalue weighted by molar-refractivity contribution is 0.214. The minimum absolute atomic E-state index is 0.742. The average molecular weight is 273 g/mol. The molecule has 0 heterocycles. The van der Waals surface area contributed by atoms with E-state index in [1.165, 1.54) is 50.5 Å². The van der Waals surface area contributed by atoms with E-state index in [-0.39, 0.29) is 0 Å². The van der Waals surface area contributed by atoms with E-state index >= 15 is 0 Å². The molecule has 0 amide bonds. The fourth-order valence-electron chi connectivity index (χ4n) is 3.78. The van der Waals surface area contributed by atoms with Gasteiger partial charge in [-0.05, 0) is 56.0 Å². The minimum Gasteiger partial charge on any atom is -0.314 e. The number of aryl methyl sites for hydroxylation is 1. The van der Waals surface area contributed by atoms with Crippen molar-refractivity contribution in [2.24, 2.45) is 11.8 Å². The van der Waals surface area contributed by atoms with Gasteiger partial charge in [0.05, 0.1) is 0 Å². The predicted octanol–water partition coefficient (Wildman–Crippen LogP) is 4.81. The molecule has 0 spiro atoms. The summed E-state index contributed by atoms with van der Waals surface area (Å²) in [6, 6.07) is 11.7. The van der Waals surface area contributed by atoms with E-state index in [1.54, 1.807) is 0 Å². The van der Waals surface area contributed by atoms with E-state index in [0.29, 0.717) is 0 Å². The maximum Gasteiger partial charge on any atom is 0.00954 e. The first kappa shape index (κ1) is 15.6. The van der Waals surface area contributed by atoms with Crippen molar-refractivity contribution in [1.82, 2.24) is 5.32 Å². The Balaban J connectivity index is 1.79. The van der Waals surface area contributed by atoms with Crippen LogP contribution in [0.3, 0.4) is 0 Å². The normalized spacial score (nSPS) is 24.5. The van der Waals surface area contributed by atoms with Crippen LogP contribution in [0.5, 0.6) is 0 Å². The Kier molecular flexibility index (Phi) is 6.59. The van der Waals surface area contributed by atoms with Crippen molar-refractivity contribution < 1.29 is 0 Å². The lowest BCUT2D eigenvalue weighted by Gasteiger charge is -2.34. The summed E-state index contributed by atoms with van der Waals surface area (Å²) in [7, 11) is 0. The highest BCUT2D eigenvalue weighted by molar-refractivity contribution is 5.14. The van der Waals surface area contributed by atoms with Gasteiger partial charge in [0.2, 0.25) is 0 Å². The molecule has 1 fully saturated rings. The molecule has 0 radical (unpaired) electrons. The molecular weight excluding hydrogens is 242 g/mol. The Labute approximate surface area is 125 Å². The van der Waals surface area contributed by atoms with E-state index in [9.17, 15) is 0 Å². The Morgan fingerprint density at radius 2 is 2.00 bits per heavy atom. The molecule has 112 valence electrons. The summed E-state index contributed by atoms with van der Waals surface area (Å²) < 4.78 is 0. The van der Waals surface area contributed by atoms with Crippen LogP contribution >= 0.6 is 0 Å². The molecule has 3 unspecified atom stereocenters. The SMILES string of the molecule is CCNC(CCCc1ccccc1)C1CCCC(C)C1. The van der Waals surface area contributed by atoms with Gasteiger partial charge in [-0.2, -0.15) is 0 Å². The number of benzene rings is 1. The molecule has 20 heavy (non-hydrogen) atoms. The standard InChI is InChI=1S/C19H31N/c1-3-20-19(18-13-7-9-16(2)15-18)14-8-12-17-10-5-4-6-11-17/h4-6,10-11,16,18-20H,3,7-9,12-15H2,1-2H3. The summed E-state index contributed by atoms with van der Waals surface area (Å²) in [5, 5.41) is 3.76. The van der Waals surface area contributed by atoms with Crippen LogP contribution < -0.4 is 5.32 Å². The molecule has 3 atom stereocenters. The average Bonchev–Trinajstić information content (AvgIpc) is 2.47. The van der Waals surface area contributed by atoms with Crippen molar-refractivity contribution in [3.8, 4) is 0 Å². The van der Waals surface area contributed by atoms with Crippen LogP contribution in [0.1, 0.15) is 57.9 Å². The number of hydrogen-bond donors (Lipinski definition) is 1. The third-order valence-electron chi connectivity index (χ3n) is 4.84. The third kappa shape index (κ3) is 4.94. The van der Waals surface area contributed by atoms with Gasteiger partial charge in [0.25, 0.3) is 0 Å². The second kappa shape index (κ2) is 8.46. The molecule has 2 rings (SSSR count). The van der Waals surface area contributed by atoms with E-state index in [0.717, 1.165) is 24.4 Å². The summed E-state index contributed by atoms with van der Waals surface area (Å²) in [5.74, 6) is 1.85. The highest BCUT2D eigenvalue weighted by Crippen LogP contribution is 2.32. The van der Waals surface area contributed by atoms with Crippen LogP contribution in [-0.4, -0.2) is 12.6 Å². The zero-order chi connectivity index (χ0) is 14.2. The van der Waals surface area contributed by atoms with E-state index < -0.39 is 0 Å². The Morgan fingerprint density at radius 1 is 1.20 bits per heavy atom. The Hall–Kier alpha value is -0.820. The Morgan fingerprint density at radius 3 is 2.70 bits per heavy atom. The molecule has 1 nitrogen and oxygen atoms in total. The largest absolute Gasteiger partial charge is 0.314 e. The summed E-state index contributed by atoms with van der Waals surface area (Å²) in [4.78, 5) is 0. The molecule has 1 aromatic rings. The molecule has 1 aliphatic rings. The lowest BCUT2D eigenvalue weighted by atomic mass is 9.77. The van der Waals surface area contributed by atoms with Gasteiger partial charge in [-0.25, -0.2) is 0 Å². The molecule has 1 saturated carbocycles. The molecule has 1 heteroatoms. The van der Waals surface area contributed by atoms with Crippen molar-refractivity contribution >= 4 is 0 Å². The highest BCUT2D eigenvalue weighted by Gasteiger charge is 2.25. The maximum absolute atomic E-state index is 3.76. The zero-order valence-electron chi connectivity index (χ0n) is 13.3. The van der Waals surface area contributed by atoms with Gasteiger partial charge in [-0.3, -0.25) is 0 Å². The number of nitrogens with one attached hydrogen (secondary N) is 1. The fourth-order valence-corrected chi connectivity index (χ4v) is 3.78. The van der Waals surface area contributed by atoms with Gasteiger partial charge >= 0.3 is 0 Å². The van der Waals surface area contributed by atoms with Crippen LogP contribution in [0.4, 0.5) is 0 Å². The second-order valence-corrected chi connectivity index (χ2v) is 6.57. The summed E-state index contributed by atoms with van der Waals surface area (Å²) in [6.45, 7) is 5.79. The number of rotatable bonds is 7. The Bertz CT molecular complexity index is 359. The van der Waals surface area contributed by atoms with Crippen molar-refractivity contribution in [2.45, 2.75) is 64.8 Å². The molecule has 0 bridgehead atoms. The molecule has 0 aromatic heterocycles. The lowest BCUT2D eigenvalue weighted by Crippen LogP contribution is -2.38. The summed E-state index contributed by atoms with van der Waals surface area (Å²) >= 11 is 0. The predicted molar refractivity (Wildman–Crippen MR) is 88.0 cm³/mol. The van der Waals surface area contributed by atoms with E-state index in [4.69, 9.17) is 0 Å². The molecule has 0 saturated heterocycles. The van der Waals surface area contributed by atoms with E-state index in [1.807, 2.05) is 0 Å². The zero-order valence-corrected chi connectivity index (χ0v) is 13.3. The van der Waals surface area contributed by atoms with Gasteiger partial charge in [-0.1, -0.05) is 57.0 Å². The van der Waals surface area contributed by atoms with Gasteiger partial charge in [0.15, 0.2) is 0 Å². The summed E-state index contributed by atoms with van der Waals surface area (Å²) in [5.41, 5.74) is 1.49. The topological polar surface area (TPSA) is 12.0 Å². The minimum atomic E-state index is 0.742. The van der Waals surface area contributed by atoms with Crippen LogP contribution in [0.25, 0.3) is 0 Å². The van der Waals surface area contributed by atoms with Gasteiger partial charge < -0.3 is 5.32 Å². The molecule has 1 aliphatic carbocycles. The fraction of sp³-hybridized carbons (Fsp3) is 0.684. The van der Waals surface area contributed by atoms with Crippen molar-refractivity contribution in [3.05, 3.63) is 35.9 Å². The van der Waals surface area contributed by atoms with Crippen molar-refractivity contribution in [3.63, 3.8) is 0 Å². The highest BCUT2D eigenvalue weighted by atomic mass is 14.9. The van der Waals surface area contributed by atoms with Crippen LogP contribution in [0.2, 0.25) is 0 Å². The van der Waals surface area contributed by atoms with Gasteiger partial charge in [-0.15, -0.1) is 0 Å². The first-order chi connectivity index (χ1) is 9.79. The van der Waals surface area contributed by atoms with Gasteiger partial charge in [0, 0.05) is 6.04 Å². The van der Waals surface area contributed by atoms with Crippen molar-refractivity contribution in [1.29, 1.82) is 0 Å². The maximum atomic E-state index is 3.76. The number of hydrogen-bond acceptors (Lipinski definition) is 1. The first-order valence-electron chi connectivity index (χ1n) is 8.57.